The summed E-state index contributed by atoms with van der Waals surface area (Å²) in [6, 6.07) is 9.36. The van der Waals surface area contributed by atoms with E-state index in [9.17, 15) is 18.0 Å². The van der Waals surface area contributed by atoms with Gasteiger partial charge in [-0.05, 0) is 62.9 Å². The largest absolute Gasteiger partial charge is 0.352 e. The molecule has 0 spiro atoms. The van der Waals surface area contributed by atoms with E-state index in [0.717, 1.165) is 28.1 Å². The van der Waals surface area contributed by atoms with E-state index in [1.54, 1.807) is 37.3 Å². The molecule has 2 aromatic carbocycles. The molecule has 2 atom stereocenters. The Hall–Kier alpha value is -2.29. The summed E-state index contributed by atoms with van der Waals surface area (Å²) in [4.78, 5) is 28.4. The minimum absolute atomic E-state index is 0.0474. The standard InChI is InChI=1S/C26H35Cl2N3O4S/c1-7-18(4)29-26(33)23(8-2)30(15-20-21(27)12-10-13-22(20)28)25(32)16-31(36(6,34)35)24-14-9-11-17(3)19(24)5/h9-14,18,23H,7-8,15-16H2,1-6H3,(H,29,33)/t18-,23+/m0/s1. The summed E-state index contributed by atoms with van der Waals surface area (Å²) in [6.45, 7) is 8.79. The highest BCUT2D eigenvalue weighted by molar-refractivity contribution is 7.92. The zero-order chi connectivity index (χ0) is 27.2. The Morgan fingerprint density at radius 1 is 1.00 bits per heavy atom. The average molecular weight is 557 g/mol. The molecule has 7 nitrogen and oxygen atoms in total. The van der Waals surface area contributed by atoms with Crippen molar-refractivity contribution in [2.24, 2.45) is 0 Å². The smallest absolute Gasteiger partial charge is 0.244 e. The van der Waals surface area contributed by atoms with Crippen molar-refractivity contribution in [1.29, 1.82) is 0 Å². The fourth-order valence-electron chi connectivity index (χ4n) is 3.81. The Balaban J connectivity index is 2.55. The van der Waals surface area contributed by atoms with Gasteiger partial charge in [0, 0.05) is 28.2 Å². The van der Waals surface area contributed by atoms with Crippen LogP contribution in [0.15, 0.2) is 36.4 Å². The van der Waals surface area contributed by atoms with Crippen LogP contribution in [-0.4, -0.2) is 50.0 Å². The first-order chi connectivity index (χ1) is 16.8. The zero-order valence-electron chi connectivity index (χ0n) is 21.6. The lowest BCUT2D eigenvalue weighted by Gasteiger charge is -2.34. The maximum Gasteiger partial charge on any atom is 0.244 e. The van der Waals surface area contributed by atoms with E-state index in [-0.39, 0.29) is 18.5 Å². The monoisotopic (exact) mass is 555 g/mol. The third kappa shape index (κ3) is 7.37. The summed E-state index contributed by atoms with van der Waals surface area (Å²) in [5.41, 5.74) is 2.55. The maximum atomic E-state index is 13.8. The van der Waals surface area contributed by atoms with Gasteiger partial charge in [0.25, 0.3) is 0 Å². The molecular weight excluding hydrogens is 521 g/mol. The first kappa shape index (κ1) is 29.9. The summed E-state index contributed by atoms with van der Waals surface area (Å²) < 4.78 is 26.7. The number of nitrogens with zero attached hydrogens (tertiary/aromatic N) is 2. The lowest BCUT2D eigenvalue weighted by Crippen LogP contribution is -2.53. The molecule has 0 saturated carbocycles. The van der Waals surface area contributed by atoms with Crippen LogP contribution in [0, 0.1) is 13.8 Å². The molecule has 0 aliphatic carbocycles. The van der Waals surface area contributed by atoms with E-state index in [1.165, 1.54) is 4.90 Å². The highest BCUT2D eigenvalue weighted by Crippen LogP contribution is 2.29. The fraction of sp³-hybridized carbons (Fsp3) is 0.462. The first-order valence-electron chi connectivity index (χ1n) is 11.9. The Bertz CT molecular complexity index is 1180. The van der Waals surface area contributed by atoms with Crippen LogP contribution in [0.5, 0.6) is 0 Å². The number of carbonyl (C=O) groups is 2. The normalized spacial score (nSPS) is 13.1. The molecule has 0 aliphatic rings. The van der Waals surface area contributed by atoms with Crippen LogP contribution in [0.3, 0.4) is 0 Å². The number of halogens is 2. The summed E-state index contributed by atoms with van der Waals surface area (Å²) in [7, 11) is -3.82. The van der Waals surface area contributed by atoms with Crippen molar-refractivity contribution in [2.75, 3.05) is 17.1 Å². The van der Waals surface area contributed by atoms with Gasteiger partial charge in [-0.3, -0.25) is 13.9 Å². The zero-order valence-corrected chi connectivity index (χ0v) is 24.0. The van der Waals surface area contributed by atoms with Crippen molar-refractivity contribution in [3.05, 3.63) is 63.1 Å². The number of nitrogens with one attached hydrogen (secondary N) is 1. The number of anilines is 1. The van der Waals surface area contributed by atoms with Gasteiger partial charge in [-0.25, -0.2) is 8.42 Å². The second-order valence-electron chi connectivity index (χ2n) is 8.95. The third-order valence-electron chi connectivity index (χ3n) is 6.30. The van der Waals surface area contributed by atoms with Crippen molar-refractivity contribution >= 4 is 50.7 Å². The summed E-state index contributed by atoms with van der Waals surface area (Å²) in [6.07, 6.45) is 2.10. The number of rotatable bonds is 11. The fourth-order valence-corrected chi connectivity index (χ4v) is 5.23. The molecule has 36 heavy (non-hydrogen) atoms. The van der Waals surface area contributed by atoms with Gasteiger partial charge in [0.15, 0.2) is 0 Å². The third-order valence-corrected chi connectivity index (χ3v) is 8.14. The van der Waals surface area contributed by atoms with Crippen LogP contribution in [0.1, 0.15) is 50.3 Å². The van der Waals surface area contributed by atoms with E-state index in [4.69, 9.17) is 23.2 Å². The van der Waals surface area contributed by atoms with E-state index >= 15 is 0 Å². The average Bonchev–Trinajstić information content (AvgIpc) is 2.80. The molecule has 0 bridgehead atoms. The number of hydrogen-bond acceptors (Lipinski definition) is 4. The van der Waals surface area contributed by atoms with Gasteiger partial charge in [-0.2, -0.15) is 0 Å². The number of amides is 2. The maximum absolute atomic E-state index is 13.8. The molecule has 2 aromatic rings. The van der Waals surface area contributed by atoms with Gasteiger partial charge in [-0.1, -0.05) is 55.2 Å². The summed E-state index contributed by atoms with van der Waals surface area (Å²) in [5.74, 6) is -0.857. The van der Waals surface area contributed by atoms with Crippen LogP contribution in [-0.2, 0) is 26.2 Å². The first-order valence-corrected chi connectivity index (χ1v) is 14.5. The summed E-state index contributed by atoms with van der Waals surface area (Å²) >= 11 is 12.8. The minimum atomic E-state index is -3.82. The molecule has 2 amide bonds. The summed E-state index contributed by atoms with van der Waals surface area (Å²) in [5, 5.41) is 3.64. The van der Waals surface area contributed by atoms with Crippen molar-refractivity contribution in [1.82, 2.24) is 10.2 Å². The quantitative estimate of drug-likeness (QED) is 0.418. The molecule has 0 unspecified atom stereocenters. The number of benzene rings is 2. The Morgan fingerprint density at radius 2 is 1.58 bits per heavy atom. The molecule has 0 radical (unpaired) electrons. The molecule has 1 N–H and O–H groups in total. The van der Waals surface area contributed by atoms with Crippen LogP contribution in [0.2, 0.25) is 10.0 Å². The number of sulfonamides is 1. The van der Waals surface area contributed by atoms with E-state index in [1.807, 2.05) is 33.8 Å². The van der Waals surface area contributed by atoms with E-state index in [0.29, 0.717) is 27.7 Å². The van der Waals surface area contributed by atoms with Gasteiger partial charge < -0.3 is 10.2 Å². The molecule has 0 aliphatic heterocycles. The van der Waals surface area contributed by atoms with Crippen LogP contribution < -0.4 is 9.62 Å². The van der Waals surface area contributed by atoms with Crippen molar-refractivity contribution in [2.45, 2.75) is 66.1 Å². The van der Waals surface area contributed by atoms with Crippen molar-refractivity contribution in [3.8, 4) is 0 Å². The molecular formula is C26H35Cl2N3O4S. The Morgan fingerprint density at radius 3 is 2.11 bits per heavy atom. The Labute approximate surface area is 224 Å². The highest BCUT2D eigenvalue weighted by Gasteiger charge is 2.33. The number of aryl methyl sites for hydroxylation is 1. The predicted molar refractivity (Wildman–Crippen MR) is 147 cm³/mol. The number of hydrogen-bond donors (Lipinski definition) is 1. The predicted octanol–water partition coefficient (Wildman–Crippen LogP) is 5.10. The van der Waals surface area contributed by atoms with Crippen molar-refractivity contribution in [3.63, 3.8) is 0 Å². The topological polar surface area (TPSA) is 86.8 Å². The van der Waals surface area contributed by atoms with Gasteiger partial charge in [-0.15, -0.1) is 0 Å². The van der Waals surface area contributed by atoms with Gasteiger partial charge in [0.1, 0.15) is 12.6 Å². The Kier molecular flexibility index (Phi) is 10.6. The molecule has 0 aromatic heterocycles. The molecule has 2 rings (SSSR count). The van der Waals surface area contributed by atoms with Gasteiger partial charge in [0.05, 0.1) is 11.9 Å². The van der Waals surface area contributed by atoms with Crippen LogP contribution >= 0.6 is 23.2 Å². The lowest BCUT2D eigenvalue weighted by atomic mass is 10.1. The molecule has 0 fully saturated rings. The van der Waals surface area contributed by atoms with E-state index in [2.05, 4.69) is 5.32 Å². The lowest BCUT2D eigenvalue weighted by molar-refractivity contribution is -0.140. The molecule has 198 valence electrons. The second-order valence-corrected chi connectivity index (χ2v) is 11.7. The highest BCUT2D eigenvalue weighted by atomic mass is 35.5. The van der Waals surface area contributed by atoms with Crippen molar-refractivity contribution < 1.29 is 18.0 Å². The SMILES string of the molecule is CC[C@H](C(=O)N[C@@H](C)CC)N(Cc1c(Cl)cccc1Cl)C(=O)CN(c1cccc(C)c1C)S(C)(=O)=O. The second kappa shape index (κ2) is 12.8. The van der Waals surface area contributed by atoms with Crippen LogP contribution in [0.4, 0.5) is 5.69 Å². The molecule has 0 saturated heterocycles. The van der Waals surface area contributed by atoms with Crippen LogP contribution in [0.25, 0.3) is 0 Å². The number of carbonyl (C=O) groups excluding carboxylic acids is 2. The van der Waals surface area contributed by atoms with Gasteiger partial charge >= 0.3 is 0 Å². The molecule has 0 heterocycles. The molecule has 10 heteroatoms. The van der Waals surface area contributed by atoms with Gasteiger partial charge in [0.2, 0.25) is 21.8 Å². The van der Waals surface area contributed by atoms with E-state index < -0.39 is 28.5 Å². The minimum Gasteiger partial charge on any atom is -0.352 e.